The molecule has 3 heterocycles. The first kappa shape index (κ1) is 14.5. The molecular formula is C15H24N4O2. The molecule has 6 heteroatoms. The summed E-state index contributed by atoms with van der Waals surface area (Å²) in [5.74, 6) is 0.801. The molecule has 116 valence electrons. The van der Waals surface area contributed by atoms with E-state index in [0.29, 0.717) is 25.0 Å². The predicted octanol–water partition coefficient (Wildman–Crippen LogP) is 1.34. The summed E-state index contributed by atoms with van der Waals surface area (Å²) in [4.78, 5) is 18.3. The standard InChI is InChI=1S/C15H24N4O2/c1-10(2)18-7-3-4-12(18)8-13-16-14-6-5-11(15(20)21)9-19(14)17-13/h10-12H,3-9H2,1-2H3,(H,20,21). The maximum atomic E-state index is 11.1. The van der Waals surface area contributed by atoms with Crippen LogP contribution in [0.3, 0.4) is 0 Å². The summed E-state index contributed by atoms with van der Waals surface area (Å²) in [6.07, 6.45) is 4.74. The van der Waals surface area contributed by atoms with Crippen LogP contribution >= 0.6 is 0 Å². The van der Waals surface area contributed by atoms with Crippen LogP contribution in [0.15, 0.2) is 0 Å². The van der Waals surface area contributed by atoms with Crippen molar-refractivity contribution in [1.29, 1.82) is 0 Å². The number of aromatic nitrogens is 3. The van der Waals surface area contributed by atoms with Crippen LogP contribution in [0.4, 0.5) is 0 Å². The molecule has 2 aliphatic heterocycles. The SMILES string of the molecule is CC(C)N1CCCC1Cc1nc2n(n1)CC(C(=O)O)CC2. The van der Waals surface area contributed by atoms with Crippen molar-refractivity contribution in [3.63, 3.8) is 0 Å². The Morgan fingerprint density at radius 1 is 1.43 bits per heavy atom. The number of rotatable bonds is 4. The Balaban J connectivity index is 1.69. The Bertz CT molecular complexity index is 526. The van der Waals surface area contributed by atoms with E-state index in [2.05, 4.69) is 28.8 Å². The summed E-state index contributed by atoms with van der Waals surface area (Å²) in [6, 6.07) is 1.09. The maximum absolute atomic E-state index is 11.1. The largest absolute Gasteiger partial charge is 0.481 e. The molecule has 2 unspecified atom stereocenters. The van der Waals surface area contributed by atoms with E-state index >= 15 is 0 Å². The predicted molar refractivity (Wildman–Crippen MR) is 78.0 cm³/mol. The molecule has 0 bridgehead atoms. The van der Waals surface area contributed by atoms with Gasteiger partial charge in [-0.05, 0) is 39.7 Å². The lowest BCUT2D eigenvalue weighted by atomic mass is 10.0. The fraction of sp³-hybridized carbons (Fsp3) is 0.800. The second-order valence-electron chi connectivity index (χ2n) is 6.53. The first-order valence-corrected chi connectivity index (χ1v) is 7.95. The maximum Gasteiger partial charge on any atom is 0.308 e. The van der Waals surface area contributed by atoms with Gasteiger partial charge in [0.1, 0.15) is 5.82 Å². The van der Waals surface area contributed by atoms with Gasteiger partial charge in [0.15, 0.2) is 5.82 Å². The fourth-order valence-electron chi connectivity index (χ4n) is 3.62. The first-order chi connectivity index (χ1) is 10.0. The van der Waals surface area contributed by atoms with Crippen LogP contribution in [0.5, 0.6) is 0 Å². The Hall–Kier alpha value is -1.43. The van der Waals surface area contributed by atoms with Crippen molar-refractivity contribution in [3.05, 3.63) is 11.6 Å². The topological polar surface area (TPSA) is 71.2 Å². The lowest BCUT2D eigenvalue weighted by molar-refractivity contribution is -0.142. The van der Waals surface area contributed by atoms with Gasteiger partial charge in [0.2, 0.25) is 0 Å². The van der Waals surface area contributed by atoms with Crippen LogP contribution in [-0.2, 0) is 24.2 Å². The summed E-state index contributed by atoms with van der Waals surface area (Å²) in [6.45, 7) is 6.11. The Kier molecular flexibility index (Phi) is 3.97. The van der Waals surface area contributed by atoms with E-state index in [-0.39, 0.29) is 5.92 Å². The van der Waals surface area contributed by atoms with Gasteiger partial charge in [-0.1, -0.05) is 0 Å². The highest BCUT2D eigenvalue weighted by molar-refractivity contribution is 5.70. The highest BCUT2D eigenvalue weighted by Crippen LogP contribution is 2.24. The minimum Gasteiger partial charge on any atom is -0.481 e. The minimum absolute atomic E-state index is 0.314. The molecule has 0 aliphatic carbocycles. The summed E-state index contributed by atoms with van der Waals surface area (Å²) in [7, 11) is 0. The van der Waals surface area contributed by atoms with E-state index in [0.717, 1.165) is 31.0 Å². The first-order valence-electron chi connectivity index (χ1n) is 7.95. The Morgan fingerprint density at radius 2 is 2.24 bits per heavy atom. The van der Waals surface area contributed by atoms with Crippen LogP contribution in [0.25, 0.3) is 0 Å². The molecule has 2 aliphatic rings. The average Bonchev–Trinajstić information content (AvgIpc) is 3.03. The summed E-state index contributed by atoms with van der Waals surface area (Å²) in [5, 5.41) is 13.7. The van der Waals surface area contributed by atoms with Crippen LogP contribution in [-0.4, -0.2) is 49.4 Å². The highest BCUT2D eigenvalue weighted by atomic mass is 16.4. The molecule has 21 heavy (non-hydrogen) atoms. The van der Waals surface area contributed by atoms with Crippen molar-refractivity contribution >= 4 is 5.97 Å². The molecule has 1 aromatic heterocycles. The van der Waals surface area contributed by atoms with Gasteiger partial charge in [0, 0.05) is 24.9 Å². The molecule has 1 fully saturated rings. The van der Waals surface area contributed by atoms with Crippen LogP contribution < -0.4 is 0 Å². The lowest BCUT2D eigenvalue weighted by Gasteiger charge is -2.27. The van der Waals surface area contributed by atoms with E-state index in [9.17, 15) is 4.79 Å². The third-order valence-electron chi connectivity index (χ3n) is 4.76. The molecule has 3 rings (SSSR count). The second kappa shape index (κ2) is 5.75. The number of carboxylic acid groups (broad SMARTS) is 1. The number of nitrogens with zero attached hydrogens (tertiary/aromatic N) is 4. The fourth-order valence-corrected chi connectivity index (χ4v) is 3.62. The van der Waals surface area contributed by atoms with Gasteiger partial charge < -0.3 is 5.11 Å². The van der Waals surface area contributed by atoms with Gasteiger partial charge in [-0.25, -0.2) is 9.67 Å². The Labute approximate surface area is 125 Å². The van der Waals surface area contributed by atoms with Gasteiger partial charge in [0.05, 0.1) is 12.5 Å². The van der Waals surface area contributed by atoms with E-state index in [1.165, 1.54) is 12.8 Å². The average molecular weight is 292 g/mol. The van der Waals surface area contributed by atoms with E-state index in [1.807, 2.05) is 4.68 Å². The zero-order valence-corrected chi connectivity index (χ0v) is 12.8. The molecule has 0 amide bonds. The van der Waals surface area contributed by atoms with E-state index in [1.54, 1.807) is 0 Å². The van der Waals surface area contributed by atoms with Crippen molar-refractivity contribution in [3.8, 4) is 0 Å². The van der Waals surface area contributed by atoms with Crippen molar-refractivity contribution < 1.29 is 9.90 Å². The molecule has 1 aromatic rings. The molecule has 0 radical (unpaired) electrons. The quantitative estimate of drug-likeness (QED) is 0.907. The molecule has 6 nitrogen and oxygen atoms in total. The van der Waals surface area contributed by atoms with Crippen molar-refractivity contribution in [1.82, 2.24) is 19.7 Å². The van der Waals surface area contributed by atoms with Gasteiger partial charge in [-0.2, -0.15) is 5.10 Å². The van der Waals surface area contributed by atoms with Gasteiger partial charge in [-0.15, -0.1) is 0 Å². The van der Waals surface area contributed by atoms with Crippen LogP contribution in [0, 0.1) is 5.92 Å². The lowest BCUT2D eigenvalue weighted by Crippen LogP contribution is -2.36. The zero-order chi connectivity index (χ0) is 15.0. The van der Waals surface area contributed by atoms with E-state index in [4.69, 9.17) is 5.11 Å². The number of hydrogen-bond acceptors (Lipinski definition) is 4. The van der Waals surface area contributed by atoms with Gasteiger partial charge in [-0.3, -0.25) is 9.69 Å². The van der Waals surface area contributed by atoms with E-state index < -0.39 is 5.97 Å². The monoisotopic (exact) mass is 292 g/mol. The summed E-state index contributed by atoms with van der Waals surface area (Å²) in [5.41, 5.74) is 0. The zero-order valence-electron chi connectivity index (χ0n) is 12.8. The van der Waals surface area contributed by atoms with Crippen LogP contribution in [0.1, 0.15) is 44.8 Å². The third kappa shape index (κ3) is 2.95. The molecule has 1 N–H and O–H groups in total. The normalized spacial score (nSPS) is 26.2. The number of likely N-dealkylation sites (tertiary alicyclic amines) is 1. The summed E-state index contributed by atoms with van der Waals surface area (Å²) < 4.78 is 1.81. The minimum atomic E-state index is -0.723. The van der Waals surface area contributed by atoms with Gasteiger partial charge >= 0.3 is 5.97 Å². The molecular weight excluding hydrogens is 268 g/mol. The number of carboxylic acids is 1. The molecule has 1 saturated heterocycles. The van der Waals surface area contributed by atoms with Crippen molar-refractivity contribution in [2.24, 2.45) is 5.92 Å². The van der Waals surface area contributed by atoms with Crippen molar-refractivity contribution in [2.45, 2.75) is 64.6 Å². The van der Waals surface area contributed by atoms with Crippen molar-refractivity contribution in [2.75, 3.05) is 6.54 Å². The number of hydrogen-bond donors (Lipinski definition) is 1. The molecule has 0 spiro atoms. The number of fused-ring (bicyclic) bond motifs is 1. The molecule has 0 aromatic carbocycles. The smallest absolute Gasteiger partial charge is 0.308 e. The number of aryl methyl sites for hydroxylation is 1. The van der Waals surface area contributed by atoms with Crippen LogP contribution in [0.2, 0.25) is 0 Å². The highest BCUT2D eigenvalue weighted by Gasteiger charge is 2.30. The Morgan fingerprint density at radius 3 is 2.95 bits per heavy atom. The second-order valence-corrected chi connectivity index (χ2v) is 6.53. The van der Waals surface area contributed by atoms with Gasteiger partial charge in [0.25, 0.3) is 0 Å². The third-order valence-corrected chi connectivity index (χ3v) is 4.76. The number of aliphatic carboxylic acids is 1. The molecule has 0 saturated carbocycles. The number of carbonyl (C=O) groups is 1. The molecule has 2 atom stereocenters. The summed E-state index contributed by atoms with van der Waals surface area (Å²) >= 11 is 0.